The van der Waals surface area contributed by atoms with Crippen molar-refractivity contribution in [3.63, 3.8) is 0 Å². The first kappa shape index (κ1) is 24.2. The Morgan fingerprint density at radius 1 is 0.885 bits per heavy atom. The van der Waals surface area contributed by atoms with Crippen molar-refractivity contribution in [3.05, 3.63) is 32.4 Å². The summed E-state index contributed by atoms with van der Waals surface area (Å²) in [4.78, 5) is 31.7. The molecule has 1 radical (unpaired) electrons. The molecule has 0 bridgehead atoms. The van der Waals surface area contributed by atoms with Gasteiger partial charge in [0.1, 0.15) is 6.10 Å². The molecular formula is C18H31N2O6. The molecule has 0 heterocycles. The largest absolute Gasteiger partial charge is 0.385 e. The standard InChI is InChI=1S/C18H31N2O6/c1-2-3-6-10-16(19(23)24)11-7-4-5-8-12-17(20(25)26)13-9-14-18(22)15-21/h4-5,16-18,22H,2-3,6-14H2,1H3. The zero-order valence-corrected chi connectivity index (χ0v) is 15.5. The van der Waals surface area contributed by atoms with Crippen LogP contribution in [0.3, 0.4) is 0 Å². The Labute approximate surface area is 155 Å². The Morgan fingerprint density at radius 3 is 1.81 bits per heavy atom. The van der Waals surface area contributed by atoms with Gasteiger partial charge in [-0.3, -0.25) is 25.0 Å². The first-order chi connectivity index (χ1) is 12.4. The van der Waals surface area contributed by atoms with Gasteiger partial charge in [-0.05, 0) is 32.1 Å². The van der Waals surface area contributed by atoms with Gasteiger partial charge in [-0.2, -0.15) is 0 Å². The van der Waals surface area contributed by atoms with Gasteiger partial charge in [-0.15, -0.1) is 0 Å². The molecule has 0 saturated heterocycles. The molecular weight excluding hydrogens is 340 g/mol. The van der Waals surface area contributed by atoms with Crippen molar-refractivity contribution in [1.82, 2.24) is 0 Å². The van der Waals surface area contributed by atoms with Crippen molar-refractivity contribution in [2.75, 3.05) is 0 Å². The lowest BCUT2D eigenvalue weighted by Gasteiger charge is -2.09. The molecule has 0 amide bonds. The Morgan fingerprint density at radius 2 is 1.38 bits per heavy atom. The third-order valence-corrected chi connectivity index (χ3v) is 4.39. The summed E-state index contributed by atoms with van der Waals surface area (Å²) in [6.45, 7) is 2.06. The third kappa shape index (κ3) is 12.5. The van der Waals surface area contributed by atoms with E-state index in [1.54, 1.807) is 0 Å². The molecule has 1 N–H and O–H groups in total. The summed E-state index contributed by atoms with van der Waals surface area (Å²) in [7, 11) is 0. The molecule has 0 saturated carbocycles. The van der Waals surface area contributed by atoms with E-state index in [0.717, 1.165) is 19.3 Å². The molecule has 3 unspecified atom stereocenters. The Hall–Kier alpha value is -1.83. The molecule has 0 rings (SSSR count). The lowest BCUT2D eigenvalue weighted by Crippen LogP contribution is -2.20. The van der Waals surface area contributed by atoms with Crippen molar-refractivity contribution in [2.45, 2.75) is 95.7 Å². The van der Waals surface area contributed by atoms with E-state index >= 15 is 0 Å². The molecule has 149 valence electrons. The summed E-state index contributed by atoms with van der Waals surface area (Å²) < 4.78 is 0. The number of nitrogens with zero attached hydrogens (tertiary/aromatic N) is 2. The van der Waals surface area contributed by atoms with E-state index in [-0.39, 0.29) is 16.3 Å². The van der Waals surface area contributed by atoms with Crippen LogP contribution in [0.5, 0.6) is 0 Å². The van der Waals surface area contributed by atoms with Gasteiger partial charge >= 0.3 is 0 Å². The summed E-state index contributed by atoms with van der Waals surface area (Å²) in [6, 6.07) is -1.22. The van der Waals surface area contributed by atoms with Gasteiger partial charge in [0.05, 0.1) is 0 Å². The fourth-order valence-electron chi connectivity index (χ4n) is 2.76. The molecule has 0 fully saturated rings. The quantitative estimate of drug-likeness (QED) is 0.180. The predicted octanol–water partition coefficient (Wildman–Crippen LogP) is 3.61. The van der Waals surface area contributed by atoms with E-state index in [2.05, 4.69) is 6.92 Å². The first-order valence-corrected chi connectivity index (χ1v) is 9.40. The normalized spacial score (nSPS) is 14.8. The van der Waals surface area contributed by atoms with E-state index in [1.807, 2.05) is 12.2 Å². The maximum atomic E-state index is 11.0. The SMILES string of the molecule is CCCCCC(CCC=CCCC(CCCC(O)[C]=O)[N+](=O)[O-])[N+](=O)[O-]. The van der Waals surface area contributed by atoms with Crippen LogP contribution < -0.4 is 0 Å². The summed E-state index contributed by atoms with van der Waals surface area (Å²) in [5.74, 6) is 0. The molecule has 8 heteroatoms. The van der Waals surface area contributed by atoms with Gasteiger partial charge < -0.3 is 5.11 Å². The van der Waals surface area contributed by atoms with Crippen LogP contribution in [0, 0.1) is 20.2 Å². The molecule has 0 spiro atoms. The molecule has 3 atom stereocenters. The van der Waals surface area contributed by atoms with Crippen LogP contribution in [0.2, 0.25) is 0 Å². The van der Waals surface area contributed by atoms with Crippen molar-refractivity contribution < 1.29 is 19.7 Å². The molecule has 0 aromatic heterocycles. The number of unbranched alkanes of at least 4 members (excludes halogenated alkanes) is 2. The Bertz CT molecular complexity index is 441. The number of hydrogen-bond donors (Lipinski definition) is 1. The maximum absolute atomic E-state index is 11.0. The monoisotopic (exact) mass is 371 g/mol. The van der Waals surface area contributed by atoms with E-state index in [9.17, 15) is 25.0 Å². The summed E-state index contributed by atoms with van der Waals surface area (Å²) in [5.41, 5.74) is 0. The summed E-state index contributed by atoms with van der Waals surface area (Å²) in [6.07, 6.45) is 10.4. The topological polar surface area (TPSA) is 124 Å². The van der Waals surface area contributed by atoms with E-state index in [4.69, 9.17) is 5.11 Å². The second-order valence-corrected chi connectivity index (χ2v) is 6.56. The van der Waals surface area contributed by atoms with Gasteiger partial charge in [0.25, 0.3) is 0 Å². The lowest BCUT2D eigenvalue weighted by molar-refractivity contribution is -0.524. The number of allylic oxidation sites excluding steroid dienone is 2. The third-order valence-electron chi connectivity index (χ3n) is 4.39. The minimum absolute atomic E-state index is 0.185. The average molecular weight is 371 g/mol. The summed E-state index contributed by atoms with van der Waals surface area (Å²) >= 11 is 0. The molecule has 8 nitrogen and oxygen atoms in total. The highest BCUT2D eigenvalue weighted by Crippen LogP contribution is 2.14. The second-order valence-electron chi connectivity index (χ2n) is 6.56. The predicted molar refractivity (Wildman–Crippen MR) is 98.9 cm³/mol. The first-order valence-electron chi connectivity index (χ1n) is 9.40. The van der Waals surface area contributed by atoms with Crippen LogP contribution in [0.1, 0.15) is 77.6 Å². The van der Waals surface area contributed by atoms with Gasteiger partial charge in [0.15, 0.2) is 0 Å². The minimum atomic E-state index is -1.17. The molecule has 0 aliphatic carbocycles. The maximum Gasteiger partial charge on any atom is 0.229 e. The molecule has 0 aromatic carbocycles. The zero-order valence-electron chi connectivity index (χ0n) is 15.5. The molecule has 26 heavy (non-hydrogen) atoms. The fourth-order valence-corrected chi connectivity index (χ4v) is 2.76. The number of hydrogen-bond acceptors (Lipinski definition) is 6. The molecule has 0 aromatic rings. The Kier molecular flexibility index (Phi) is 14.3. The average Bonchev–Trinajstić information content (AvgIpc) is 2.60. The van der Waals surface area contributed by atoms with E-state index < -0.39 is 18.2 Å². The van der Waals surface area contributed by atoms with Crippen molar-refractivity contribution in [1.29, 1.82) is 0 Å². The number of nitro groups is 2. The van der Waals surface area contributed by atoms with Crippen LogP contribution in [0.4, 0.5) is 0 Å². The van der Waals surface area contributed by atoms with Crippen LogP contribution in [0.15, 0.2) is 12.2 Å². The number of aliphatic hydroxyl groups is 1. The highest BCUT2D eigenvalue weighted by molar-refractivity contribution is 5.56. The van der Waals surface area contributed by atoms with Crippen LogP contribution in [-0.4, -0.2) is 39.4 Å². The summed E-state index contributed by atoms with van der Waals surface area (Å²) in [5, 5.41) is 31.1. The van der Waals surface area contributed by atoms with Crippen LogP contribution in [0.25, 0.3) is 0 Å². The highest BCUT2D eigenvalue weighted by atomic mass is 16.6. The van der Waals surface area contributed by atoms with E-state index in [1.165, 1.54) is 6.29 Å². The van der Waals surface area contributed by atoms with Crippen LogP contribution >= 0.6 is 0 Å². The Balaban J connectivity index is 4.06. The van der Waals surface area contributed by atoms with Gasteiger partial charge in [0, 0.05) is 35.5 Å². The number of aliphatic hydroxyl groups excluding tert-OH is 1. The van der Waals surface area contributed by atoms with Crippen molar-refractivity contribution >= 4 is 6.29 Å². The number of carbonyl (C=O) groups excluding carboxylic acids is 1. The van der Waals surface area contributed by atoms with Gasteiger partial charge in [-0.25, -0.2) is 0 Å². The highest BCUT2D eigenvalue weighted by Gasteiger charge is 2.20. The van der Waals surface area contributed by atoms with E-state index in [0.29, 0.717) is 44.9 Å². The lowest BCUT2D eigenvalue weighted by atomic mass is 10.0. The number of rotatable bonds is 17. The fraction of sp³-hybridized carbons (Fsp3) is 0.833. The van der Waals surface area contributed by atoms with Gasteiger partial charge in [-0.1, -0.05) is 31.9 Å². The van der Waals surface area contributed by atoms with Crippen molar-refractivity contribution in [3.8, 4) is 0 Å². The van der Waals surface area contributed by atoms with Gasteiger partial charge in [0.2, 0.25) is 18.4 Å². The second kappa shape index (κ2) is 15.4. The smallest absolute Gasteiger partial charge is 0.229 e. The molecule has 0 aliphatic rings. The van der Waals surface area contributed by atoms with Crippen molar-refractivity contribution in [2.24, 2.45) is 0 Å². The van der Waals surface area contributed by atoms with Crippen LogP contribution in [-0.2, 0) is 4.79 Å². The molecule has 0 aliphatic heterocycles. The zero-order chi connectivity index (χ0) is 19.8. The minimum Gasteiger partial charge on any atom is -0.385 e.